The zero-order chi connectivity index (χ0) is 21.2. The number of carbonyl (C=O) groups excluding carboxylic acids is 1. The van der Waals surface area contributed by atoms with Crippen LogP contribution in [-0.4, -0.2) is 15.5 Å². The third-order valence-corrected chi connectivity index (χ3v) is 5.26. The molecule has 1 aromatic carbocycles. The molecule has 0 aliphatic heterocycles. The molecule has 3 rings (SSSR count). The number of nitrogens with one attached hydrogen (secondary N) is 1. The van der Waals surface area contributed by atoms with E-state index in [9.17, 15) is 22.8 Å². The highest BCUT2D eigenvalue weighted by molar-refractivity contribution is 7.12. The maximum absolute atomic E-state index is 12.8. The molecule has 1 amide bonds. The summed E-state index contributed by atoms with van der Waals surface area (Å²) in [6, 6.07) is 8.96. The SMILES string of the molecule is Cc1sc(CNC(=O)Cn2cccc(C(F)(F)F)c2=O)nc1-c1ccc(Cl)cc1. The van der Waals surface area contributed by atoms with Crippen molar-refractivity contribution in [1.29, 1.82) is 0 Å². The van der Waals surface area contributed by atoms with E-state index in [4.69, 9.17) is 11.6 Å². The van der Waals surface area contributed by atoms with Crippen molar-refractivity contribution in [2.45, 2.75) is 26.2 Å². The summed E-state index contributed by atoms with van der Waals surface area (Å²) in [5.74, 6) is -0.590. The zero-order valence-electron chi connectivity index (χ0n) is 15.1. The number of thiazole rings is 1. The standard InChI is InChI=1S/C19H15ClF3N3O2S/c1-11-17(12-4-6-13(20)7-5-12)25-16(29-11)9-24-15(27)10-26-8-2-3-14(18(26)28)19(21,22)23/h2-8H,9-10H2,1H3,(H,24,27). The quantitative estimate of drug-likeness (QED) is 0.643. The highest BCUT2D eigenvalue weighted by atomic mass is 35.5. The molecule has 0 saturated carbocycles. The van der Waals surface area contributed by atoms with Crippen LogP contribution in [0.4, 0.5) is 13.2 Å². The molecule has 0 bridgehead atoms. The molecule has 3 aromatic rings. The number of hydrogen-bond donors (Lipinski definition) is 1. The van der Waals surface area contributed by atoms with E-state index in [0.717, 1.165) is 33.0 Å². The predicted octanol–water partition coefficient (Wildman–Crippen LogP) is 4.27. The summed E-state index contributed by atoms with van der Waals surface area (Å²) in [6.07, 6.45) is -3.63. The first kappa shape index (κ1) is 21.1. The molecule has 0 fully saturated rings. The number of halogens is 4. The van der Waals surface area contributed by atoms with Gasteiger partial charge in [0.05, 0.1) is 12.2 Å². The fraction of sp³-hybridized carbons (Fsp3) is 0.211. The van der Waals surface area contributed by atoms with Crippen LogP contribution in [0.2, 0.25) is 5.02 Å². The minimum absolute atomic E-state index is 0.103. The molecule has 29 heavy (non-hydrogen) atoms. The Bertz CT molecular complexity index is 1090. The van der Waals surface area contributed by atoms with Gasteiger partial charge in [0.2, 0.25) is 5.91 Å². The number of aryl methyl sites for hydroxylation is 1. The lowest BCUT2D eigenvalue weighted by Gasteiger charge is -2.10. The zero-order valence-corrected chi connectivity index (χ0v) is 16.7. The van der Waals surface area contributed by atoms with Gasteiger partial charge in [0, 0.05) is 21.7 Å². The van der Waals surface area contributed by atoms with Crippen molar-refractivity contribution in [2.24, 2.45) is 0 Å². The topological polar surface area (TPSA) is 64.0 Å². The van der Waals surface area contributed by atoms with E-state index < -0.39 is 29.8 Å². The Morgan fingerprint density at radius 2 is 1.93 bits per heavy atom. The Balaban J connectivity index is 1.67. The molecular weight excluding hydrogens is 427 g/mol. The average molecular weight is 442 g/mol. The van der Waals surface area contributed by atoms with Gasteiger partial charge in [-0.05, 0) is 31.2 Å². The first-order valence-corrected chi connectivity index (χ1v) is 9.60. The van der Waals surface area contributed by atoms with Gasteiger partial charge >= 0.3 is 6.18 Å². The number of alkyl halides is 3. The van der Waals surface area contributed by atoms with Crippen molar-refractivity contribution in [1.82, 2.24) is 14.9 Å². The van der Waals surface area contributed by atoms with Crippen molar-refractivity contribution in [3.05, 3.63) is 73.4 Å². The van der Waals surface area contributed by atoms with Crippen molar-refractivity contribution < 1.29 is 18.0 Å². The number of aromatic nitrogens is 2. The number of rotatable bonds is 5. The molecule has 2 heterocycles. The third kappa shape index (κ3) is 5.04. The van der Waals surface area contributed by atoms with E-state index in [1.165, 1.54) is 11.3 Å². The van der Waals surface area contributed by atoms with Crippen LogP contribution in [-0.2, 0) is 24.1 Å². The Morgan fingerprint density at radius 3 is 2.59 bits per heavy atom. The Hall–Kier alpha value is -2.65. The van der Waals surface area contributed by atoms with Gasteiger partial charge in [-0.2, -0.15) is 13.2 Å². The van der Waals surface area contributed by atoms with Gasteiger partial charge in [-0.15, -0.1) is 11.3 Å². The number of carbonyl (C=O) groups is 1. The number of amides is 1. The van der Waals surface area contributed by atoms with E-state index in [1.54, 1.807) is 12.1 Å². The molecule has 0 spiro atoms. The van der Waals surface area contributed by atoms with Crippen LogP contribution in [0.5, 0.6) is 0 Å². The van der Waals surface area contributed by atoms with Crippen LogP contribution >= 0.6 is 22.9 Å². The molecule has 0 saturated heterocycles. The minimum Gasteiger partial charge on any atom is -0.348 e. The van der Waals surface area contributed by atoms with Gasteiger partial charge in [0.15, 0.2) is 0 Å². The molecule has 10 heteroatoms. The van der Waals surface area contributed by atoms with Gasteiger partial charge in [-0.3, -0.25) is 9.59 Å². The third-order valence-electron chi connectivity index (χ3n) is 4.03. The number of pyridine rings is 1. The van der Waals surface area contributed by atoms with Crippen molar-refractivity contribution in [3.8, 4) is 11.3 Å². The monoisotopic (exact) mass is 441 g/mol. The lowest BCUT2D eigenvalue weighted by molar-refractivity contribution is -0.139. The van der Waals surface area contributed by atoms with Gasteiger partial charge in [0.1, 0.15) is 17.1 Å². The van der Waals surface area contributed by atoms with Crippen LogP contribution < -0.4 is 10.9 Å². The second-order valence-corrected chi connectivity index (χ2v) is 7.87. The molecule has 152 valence electrons. The summed E-state index contributed by atoms with van der Waals surface area (Å²) in [6.45, 7) is 1.48. The van der Waals surface area contributed by atoms with E-state index in [1.807, 2.05) is 19.1 Å². The van der Waals surface area contributed by atoms with E-state index in [-0.39, 0.29) is 6.54 Å². The summed E-state index contributed by atoms with van der Waals surface area (Å²) >= 11 is 7.28. The largest absolute Gasteiger partial charge is 0.421 e. The molecule has 0 atom stereocenters. The van der Waals surface area contributed by atoms with E-state index in [0.29, 0.717) is 16.1 Å². The first-order chi connectivity index (χ1) is 13.6. The Kier molecular flexibility index (Phi) is 6.09. The summed E-state index contributed by atoms with van der Waals surface area (Å²) < 4.78 is 39.2. The molecule has 1 N–H and O–H groups in total. The number of nitrogens with zero attached hydrogens (tertiary/aromatic N) is 2. The van der Waals surface area contributed by atoms with Gasteiger partial charge < -0.3 is 9.88 Å². The summed E-state index contributed by atoms with van der Waals surface area (Å²) in [7, 11) is 0. The maximum atomic E-state index is 12.8. The second-order valence-electron chi connectivity index (χ2n) is 6.15. The summed E-state index contributed by atoms with van der Waals surface area (Å²) in [5.41, 5.74) is -0.914. The average Bonchev–Trinajstić information content (AvgIpc) is 3.02. The normalized spacial score (nSPS) is 11.5. The van der Waals surface area contributed by atoms with Crippen molar-refractivity contribution in [3.63, 3.8) is 0 Å². The van der Waals surface area contributed by atoms with Gasteiger partial charge in [0.25, 0.3) is 5.56 Å². The fourth-order valence-electron chi connectivity index (χ4n) is 2.66. The van der Waals surface area contributed by atoms with Crippen LogP contribution in [0.3, 0.4) is 0 Å². The molecular formula is C19H15ClF3N3O2S. The molecule has 5 nitrogen and oxygen atoms in total. The summed E-state index contributed by atoms with van der Waals surface area (Å²) in [5, 5.41) is 3.83. The highest BCUT2D eigenvalue weighted by Crippen LogP contribution is 2.28. The minimum atomic E-state index is -4.77. The summed E-state index contributed by atoms with van der Waals surface area (Å²) in [4.78, 5) is 29.5. The van der Waals surface area contributed by atoms with E-state index >= 15 is 0 Å². The van der Waals surface area contributed by atoms with Crippen molar-refractivity contribution >= 4 is 28.8 Å². The Morgan fingerprint density at radius 1 is 1.24 bits per heavy atom. The molecule has 0 unspecified atom stereocenters. The predicted molar refractivity (Wildman–Crippen MR) is 105 cm³/mol. The first-order valence-electron chi connectivity index (χ1n) is 8.41. The highest BCUT2D eigenvalue weighted by Gasteiger charge is 2.34. The fourth-order valence-corrected chi connectivity index (χ4v) is 3.69. The van der Waals surface area contributed by atoms with E-state index in [2.05, 4.69) is 10.3 Å². The lowest BCUT2D eigenvalue weighted by Crippen LogP contribution is -2.34. The van der Waals surface area contributed by atoms with Crippen LogP contribution in [0.15, 0.2) is 47.4 Å². The Labute approximate surface area is 172 Å². The second kappa shape index (κ2) is 8.38. The number of benzene rings is 1. The van der Waals surface area contributed by atoms with Crippen LogP contribution in [0.1, 0.15) is 15.4 Å². The van der Waals surface area contributed by atoms with Crippen molar-refractivity contribution in [2.75, 3.05) is 0 Å². The number of hydrogen-bond acceptors (Lipinski definition) is 4. The molecule has 0 radical (unpaired) electrons. The maximum Gasteiger partial charge on any atom is 0.421 e. The molecule has 0 aliphatic carbocycles. The van der Waals surface area contributed by atoms with Gasteiger partial charge in [-0.25, -0.2) is 4.98 Å². The van der Waals surface area contributed by atoms with Crippen LogP contribution in [0.25, 0.3) is 11.3 Å². The van der Waals surface area contributed by atoms with Gasteiger partial charge in [-0.1, -0.05) is 23.7 Å². The molecule has 0 aliphatic rings. The van der Waals surface area contributed by atoms with Crippen LogP contribution in [0, 0.1) is 6.92 Å². The molecule has 2 aromatic heterocycles. The lowest BCUT2D eigenvalue weighted by atomic mass is 10.1. The smallest absolute Gasteiger partial charge is 0.348 e.